The Morgan fingerprint density at radius 1 is 1.00 bits per heavy atom. The molecule has 0 spiro atoms. The zero-order chi connectivity index (χ0) is 27.7. The molecular weight excluding hydrogens is 570 g/mol. The van der Waals surface area contributed by atoms with Crippen molar-refractivity contribution in [2.75, 3.05) is 24.5 Å². The van der Waals surface area contributed by atoms with Crippen molar-refractivity contribution >= 4 is 43.5 Å². The lowest BCUT2D eigenvalue weighted by atomic mass is 10.1. The number of anilines is 1. The van der Waals surface area contributed by atoms with E-state index in [1.54, 1.807) is 68.6 Å². The quantitative estimate of drug-likeness (QED) is 0.327. The smallest absolute Gasteiger partial charge is 0.264 e. The zero-order valence-corrected chi connectivity index (χ0v) is 24.0. The van der Waals surface area contributed by atoms with Crippen molar-refractivity contribution in [3.8, 4) is 5.75 Å². The predicted octanol–water partition coefficient (Wildman–Crippen LogP) is 4.60. The molecule has 202 valence electrons. The lowest BCUT2D eigenvalue weighted by molar-refractivity contribution is -0.139. The van der Waals surface area contributed by atoms with Gasteiger partial charge in [-0.05, 0) is 61.4 Å². The number of amides is 2. The van der Waals surface area contributed by atoms with Crippen LogP contribution in [0.5, 0.6) is 5.75 Å². The Labute approximate surface area is 232 Å². The van der Waals surface area contributed by atoms with Gasteiger partial charge in [0.05, 0.1) is 17.7 Å². The molecule has 0 bridgehead atoms. The maximum absolute atomic E-state index is 13.8. The molecule has 8 nitrogen and oxygen atoms in total. The summed E-state index contributed by atoms with van der Waals surface area (Å²) in [6.07, 6.45) is 0.747. The molecule has 0 aliphatic carbocycles. The number of nitrogens with zero attached hydrogens (tertiary/aromatic N) is 2. The van der Waals surface area contributed by atoms with E-state index in [0.29, 0.717) is 22.5 Å². The summed E-state index contributed by atoms with van der Waals surface area (Å²) in [6.45, 7) is 3.67. The largest absolute Gasteiger partial charge is 0.497 e. The molecule has 0 heterocycles. The molecule has 0 saturated carbocycles. The van der Waals surface area contributed by atoms with Crippen molar-refractivity contribution < 1.29 is 22.7 Å². The summed E-state index contributed by atoms with van der Waals surface area (Å²) >= 11 is 3.39. The molecule has 38 heavy (non-hydrogen) atoms. The Kier molecular flexibility index (Phi) is 10.3. The fourth-order valence-electron chi connectivity index (χ4n) is 3.79. The van der Waals surface area contributed by atoms with Crippen molar-refractivity contribution in [2.45, 2.75) is 37.8 Å². The fraction of sp³-hybridized carbons (Fsp3) is 0.286. The minimum absolute atomic E-state index is 0.0585. The van der Waals surface area contributed by atoms with Crippen molar-refractivity contribution in [3.05, 3.63) is 88.9 Å². The molecule has 0 aliphatic heterocycles. The Hall–Kier alpha value is -3.37. The van der Waals surface area contributed by atoms with Crippen LogP contribution in [-0.2, 0) is 26.2 Å². The van der Waals surface area contributed by atoms with Crippen LogP contribution in [0.2, 0.25) is 0 Å². The van der Waals surface area contributed by atoms with Gasteiger partial charge in [-0.2, -0.15) is 0 Å². The average molecular weight is 603 g/mol. The van der Waals surface area contributed by atoms with E-state index in [1.807, 2.05) is 19.1 Å². The van der Waals surface area contributed by atoms with E-state index >= 15 is 0 Å². The van der Waals surface area contributed by atoms with Gasteiger partial charge in [-0.3, -0.25) is 13.9 Å². The first-order chi connectivity index (χ1) is 18.2. The van der Waals surface area contributed by atoms with Crippen LogP contribution in [0.1, 0.15) is 25.8 Å². The number of halogens is 1. The number of benzene rings is 3. The summed E-state index contributed by atoms with van der Waals surface area (Å²) in [5.41, 5.74) is 1.10. The number of rotatable bonds is 12. The molecule has 1 atom stereocenters. The van der Waals surface area contributed by atoms with E-state index in [0.717, 1.165) is 16.3 Å². The van der Waals surface area contributed by atoms with Crippen molar-refractivity contribution in [1.29, 1.82) is 0 Å². The van der Waals surface area contributed by atoms with E-state index in [1.165, 1.54) is 17.0 Å². The van der Waals surface area contributed by atoms with Gasteiger partial charge >= 0.3 is 0 Å². The van der Waals surface area contributed by atoms with Crippen molar-refractivity contribution in [3.63, 3.8) is 0 Å². The van der Waals surface area contributed by atoms with Crippen LogP contribution in [0.3, 0.4) is 0 Å². The lowest BCUT2D eigenvalue weighted by Gasteiger charge is -2.32. The third-order valence-electron chi connectivity index (χ3n) is 5.93. The molecule has 1 unspecified atom stereocenters. The van der Waals surface area contributed by atoms with E-state index in [2.05, 4.69) is 21.2 Å². The molecule has 0 saturated heterocycles. The van der Waals surface area contributed by atoms with E-state index in [4.69, 9.17) is 4.74 Å². The maximum atomic E-state index is 13.8. The summed E-state index contributed by atoms with van der Waals surface area (Å²) in [5.74, 6) is -0.164. The zero-order valence-electron chi connectivity index (χ0n) is 21.6. The van der Waals surface area contributed by atoms with Crippen LogP contribution in [0.15, 0.2) is 88.2 Å². The van der Waals surface area contributed by atoms with Gasteiger partial charge in [-0.15, -0.1) is 0 Å². The fourth-order valence-corrected chi connectivity index (χ4v) is 5.60. The second-order valence-electron chi connectivity index (χ2n) is 8.64. The summed E-state index contributed by atoms with van der Waals surface area (Å²) in [6, 6.07) is 21.0. The van der Waals surface area contributed by atoms with E-state index < -0.39 is 28.5 Å². The van der Waals surface area contributed by atoms with Gasteiger partial charge in [0.15, 0.2) is 0 Å². The molecule has 1 N–H and O–H groups in total. The van der Waals surface area contributed by atoms with Crippen LogP contribution < -0.4 is 14.4 Å². The normalized spacial score (nSPS) is 11.9. The number of sulfonamides is 1. The van der Waals surface area contributed by atoms with Gasteiger partial charge in [-0.25, -0.2) is 8.42 Å². The predicted molar refractivity (Wildman–Crippen MR) is 151 cm³/mol. The summed E-state index contributed by atoms with van der Waals surface area (Å²) in [4.78, 5) is 28.2. The maximum Gasteiger partial charge on any atom is 0.264 e. The molecule has 2 amide bonds. The molecule has 3 aromatic rings. The topological polar surface area (TPSA) is 96.0 Å². The SMILES string of the molecule is CCCNC(=O)C(C)N(Cc1ccc(OC)cc1)C(=O)CN(c1cccc(Br)c1)S(=O)(=O)c1ccccc1. The van der Waals surface area contributed by atoms with Gasteiger partial charge < -0.3 is 15.0 Å². The van der Waals surface area contributed by atoms with Crippen LogP contribution >= 0.6 is 15.9 Å². The van der Waals surface area contributed by atoms with Crippen LogP contribution in [0.4, 0.5) is 5.69 Å². The molecule has 0 aliphatic rings. The Balaban J connectivity index is 2.00. The highest BCUT2D eigenvalue weighted by Gasteiger charge is 2.32. The standard InChI is InChI=1S/C28H32BrN3O5S/c1-4-17-30-28(34)21(2)31(19-22-13-15-25(37-3)16-14-22)27(33)20-32(24-10-8-9-23(29)18-24)38(35,36)26-11-6-5-7-12-26/h5-16,18,21H,4,17,19-20H2,1-3H3,(H,30,34). The summed E-state index contributed by atoms with van der Waals surface area (Å²) in [7, 11) is -2.53. The second kappa shape index (κ2) is 13.4. The Morgan fingerprint density at radius 2 is 1.68 bits per heavy atom. The van der Waals surface area contributed by atoms with Gasteiger partial charge in [0, 0.05) is 17.6 Å². The molecular formula is C28H32BrN3O5S. The Morgan fingerprint density at radius 3 is 2.29 bits per heavy atom. The number of carbonyl (C=O) groups excluding carboxylic acids is 2. The number of hydrogen-bond donors (Lipinski definition) is 1. The third kappa shape index (κ3) is 7.35. The average Bonchev–Trinajstić information content (AvgIpc) is 2.93. The summed E-state index contributed by atoms with van der Waals surface area (Å²) < 4.78 is 34.4. The van der Waals surface area contributed by atoms with Crippen molar-refractivity contribution in [1.82, 2.24) is 10.2 Å². The first-order valence-electron chi connectivity index (χ1n) is 12.2. The highest BCUT2D eigenvalue weighted by atomic mass is 79.9. The van der Waals surface area contributed by atoms with Crippen molar-refractivity contribution in [2.24, 2.45) is 0 Å². The molecule has 3 aromatic carbocycles. The Bertz CT molecular complexity index is 1330. The number of carbonyl (C=O) groups is 2. The summed E-state index contributed by atoms with van der Waals surface area (Å²) in [5, 5.41) is 2.83. The van der Waals surface area contributed by atoms with E-state index in [9.17, 15) is 18.0 Å². The molecule has 3 rings (SSSR count). The number of nitrogens with one attached hydrogen (secondary N) is 1. The minimum atomic E-state index is -4.09. The van der Waals surface area contributed by atoms with Crippen LogP contribution in [-0.4, -0.2) is 51.4 Å². The molecule has 10 heteroatoms. The number of hydrogen-bond acceptors (Lipinski definition) is 5. The minimum Gasteiger partial charge on any atom is -0.497 e. The van der Waals surface area contributed by atoms with Gasteiger partial charge in [0.25, 0.3) is 10.0 Å². The van der Waals surface area contributed by atoms with Gasteiger partial charge in [0.2, 0.25) is 11.8 Å². The third-order valence-corrected chi connectivity index (χ3v) is 8.22. The first-order valence-corrected chi connectivity index (χ1v) is 14.4. The monoisotopic (exact) mass is 601 g/mol. The highest BCUT2D eigenvalue weighted by Crippen LogP contribution is 2.27. The van der Waals surface area contributed by atoms with Crippen LogP contribution in [0, 0.1) is 0 Å². The molecule has 0 radical (unpaired) electrons. The molecule has 0 fully saturated rings. The number of methoxy groups -OCH3 is 1. The van der Waals surface area contributed by atoms with E-state index in [-0.39, 0.29) is 17.3 Å². The first kappa shape index (κ1) is 29.2. The van der Waals surface area contributed by atoms with Crippen LogP contribution in [0.25, 0.3) is 0 Å². The van der Waals surface area contributed by atoms with Gasteiger partial charge in [0.1, 0.15) is 18.3 Å². The number of ether oxygens (including phenoxy) is 1. The highest BCUT2D eigenvalue weighted by molar-refractivity contribution is 9.10. The van der Waals surface area contributed by atoms with Gasteiger partial charge in [-0.1, -0.05) is 59.3 Å². The second-order valence-corrected chi connectivity index (χ2v) is 11.4. The molecule has 0 aromatic heterocycles. The lowest BCUT2D eigenvalue weighted by Crippen LogP contribution is -2.51.